The summed E-state index contributed by atoms with van der Waals surface area (Å²) in [6.07, 6.45) is 0. The van der Waals surface area contributed by atoms with Gasteiger partial charge in [-0.05, 0) is 18.5 Å². The summed E-state index contributed by atoms with van der Waals surface area (Å²) < 4.78 is 5.17. The number of rotatable bonds is 3. The largest absolute Gasteiger partial charge is 0.464 e. The van der Waals surface area contributed by atoms with Crippen LogP contribution in [0.2, 0.25) is 5.28 Å². The normalized spacial score (nSPS) is 15.6. The summed E-state index contributed by atoms with van der Waals surface area (Å²) in [5, 5.41) is 2.78. The van der Waals surface area contributed by atoms with Gasteiger partial charge < -0.3 is 15.0 Å². The van der Waals surface area contributed by atoms with Gasteiger partial charge in [-0.3, -0.25) is 4.79 Å². The van der Waals surface area contributed by atoms with Gasteiger partial charge in [0.15, 0.2) is 0 Å². The Hall–Kier alpha value is -1.63. The minimum absolute atomic E-state index is 0.0597. The first-order chi connectivity index (χ1) is 8.19. The molecule has 1 aliphatic heterocycles. The van der Waals surface area contributed by atoms with Crippen molar-refractivity contribution in [1.29, 1.82) is 0 Å². The lowest BCUT2D eigenvalue weighted by atomic mass is 10.4. The Labute approximate surface area is 103 Å². The van der Waals surface area contributed by atoms with Gasteiger partial charge in [0.25, 0.3) is 0 Å². The molecule has 0 atom stereocenters. The first-order valence-corrected chi connectivity index (χ1v) is 5.63. The Bertz CT molecular complexity index is 428. The molecule has 1 aromatic heterocycles. The molecule has 17 heavy (non-hydrogen) atoms. The van der Waals surface area contributed by atoms with Crippen molar-refractivity contribution in [3.63, 3.8) is 0 Å². The molecule has 8 heteroatoms. The molecule has 0 aromatic carbocycles. The molecule has 92 valence electrons. The van der Waals surface area contributed by atoms with Gasteiger partial charge in [0, 0.05) is 13.1 Å². The number of piperazine rings is 1. The number of halogens is 1. The maximum atomic E-state index is 11.3. The lowest BCUT2D eigenvalue weighted by Crippen LogP contribution is -2.48. The summed E-state index contributed by atoms with van der Waals surface area (Å²) in [6, 6.07) is 0.175. The summed E-state index contributed by atoms with van der Waals surface area (Å²) in [6.45, 7) is 3.68. The number of nitrogens with zero attached hydrogens (tertiary/aromatic N) is 4. The number of anilines is 1. The monoisotopic (exact) mass is 257 g/mol. The van der Waals surface area contributed by atoms with Crippen LogP contribution in [0.5, 0.6) is 6.01 Å². The molecule has 2 heterocycles. The van der Waals surface area contributed by atoms with E-state index < -0.39 is 0 Å². The summed E-state index contributed by atoms with van der Waals surface area (Å²) in [5.41, 5.74) is 0. The highest BCUT2D eigenvalue weighted by atomic mass is 35.5. The van der Waals surface area contributed by atoms with Crippen LogP contribution >= 0.6 is 11.6 Å². The molecule has 0 aliphatic carbocycles. The fourth-order valence-corrected chi connectivity index (χ4v) is 1.61. The fraction of sp³-hybridized carbons (Fsp3) is 0.556. The molecule has 2 rings (SSSR count). The van der Waals surface area contributed by atoms with Crippen LogP contribution in [0.25, 0.3) is 0 Å². The Morgan fingerprint density at radius 3 is 3.00 bits per heavy atom. The van der Waals surface area contributed by atoms with E-state index in [1.807, 2.05) is 6.92 Å². The minimum Gasteiger partial charge on any atom is -0.464 e. The molecule has 1 aromatic rings. The molecule has 1 saturated heterocycles. The second-order valence-corrected chi connectivity index (χ2v) is 3.73. The van der Waals surface area contributed by atoms with Crippen LogP contribution < -0.4 is 15.0 Å². The summed E-state index contributed by atoms with van der Waals surface area (Å²) in [5.74, 6) is 0.300. The third kappa shape index (κ3) is 2.94. The maximum Gasteiger partial charge on any atom is 0.322 e. The van der Waals surface area contributed by atoms with Gasteiger partial charge in [0.05, 0.1) is 13.2 Å². The molecular weight excluding hydrogens is 246 g/mol. The molecule has 0 saturated carbocycles. The zero-order valence-corrected chi connectivity index (χ0v) is 10.1. The van der Waals surface area contributed by atoms with E-state index >= 15 is 0 Å². The smallest absolute Gasteiger partial charge is 0.322 e. The van der Waals surface area contributed by atoms with Crippen LogP contribution in [-0.4, -0.2) is 47.1 Å². The van der Waals surface area contributed by atoms with Crippen molar-refractivity contribution >= 4 is 23.5 Å². The number of carbonyl (C=O) groups is 1. The number of carbonyl (C=O) groups excluding carboxylic acids is 1. The van der Waals surface area contributed by atoms with E-state index in [9.17, 15) is 4.79 Å². The Balaban J connectivity index is 2.21. The van der Waals surface area contributed by atoms with E-state index in [0.717, 1.165) is 0 Å². The van der Waals surface area contributed by atoms with Crippen LogP contribution in [0, 0.1) is 0 Å². The van der Waals surface area contributed by atoms with Crippen LogP contribution in [0.15, 0.2) is 0 Å². The number of amides is 1. The summed E-state index contributed by atoms with van der Waals surface area (Å²) in [7, 11) is 0. The van der Waals surface area contributed by atoms with Crippen molar-refractivity contribution in [2.24, 2.45) is 0 Å². The summed E-state index contributed by atoms with van der Waals surface area (Å²) >= 11 is 5.77. The van der Waals surface area contributed by atoms with Gasteiger partial charge in [0.2, 0.25) is 17.1 Å². The highest BCUT2D eigenvalue weighted by molar-refractivity contribution is 6.28. The number of aromatic nitrogens is 3. The van der Waals surface area contributed by atoms with Crippen molar-refractivity contribution in [3.05, 3.63) is 5.28 Å². The van der Waals surface area contributed by atoms with Crippen LogP contribution in [0.3, 0.4) is 0 Å². The standard InChI is InChI=1S/C9H12ClN5O2/c1-2-17-9-13-7(10)12-8(14-9)15-4-3-11-6(16)5-15/h2-5H2,1H3,(H,11,16). The number of hydrogen-bond acceptors (Lipinski definition) is 6. The van der Waals surface area contributed by atoms with Crippen LogP contribution in [-0.2, 0) is 4.79 Å². The Kier molecular flexibility index (Phi) is 3.58. The van der Waals surface area contributed by atoms with Gasteiger partial charge >= 0.3 is 6.01 Å². The number of hydrogen-bond donors (Lipinski definition) is 1. The second kappa shape index (κ2) is 5.13. The van der Waals surface area contributed by atoms with Gasteiger partial charge in [-0.2, -0.15) is 15.0 Å². The van der Waals surface area contributed by atoms with Crippen LogP contribution in [0.1, 0.15) is 6.92 Å². The molecule has 0 bridgehead atoms. The van der Waals surface area contributed by atoms with Gasteiger partial charge in [-0.25, -0.2) is 0 Å². The van der Waals surface area contributed by atoms with Gasteiger partial charge in [-0.1, -0.05) is 0 Å². The molecule has 0 unspecified atom stereocenters. The van der Waals surface area contributed by atoms with Crippen molar-refractivity contribution < 1.29 is 9.53 Å². The second-order valence-electron chi connectivity index (χ2n) is 3.39. The predicted octanol–water partition coefficient (Wildman–Crippen LogP) is -0.140. The summed E-state index contributed by atoms with van der Waals surface area (Å²) in [4.78, 5) is 24.9. The molecular formula is C9H12ClN5O2. The Morgan fingerprint density at radius 1 is 1.47 bits per heavy atom. The van der Waals surface area contributed by atoms with Crippen molar-refractivity contribution in [3.8, 4) is 6.01 Å². The third-order valence-corrected chi connectivity index (χ3v) is 2.34. The van der Waals surface area contributed by atoms with E-state index in [-0.39, 0.29) is 23.7 Å². The zero-order chi connectivity index (χ0) is 12.3. The SMILES string of the molecule is CCOc1nc(Cl)nc(N2CCNC(=O)C2)n1. The topological polar surface area (TPSA) is 80.2 Å². The first kappa shape index (κ1) is 11.8. The molecule has 1 amide bonds. The highest BCUT2D eigenvalue weighted by Gasteiger charge is 2.20. The van der Waals surface area contributed by atoms with Gasteiger partial charge in [-0.15, -0.1) is 0 Å². The lowest BCUT2D eigenvalue weighted by molar-refractivity contribution is -0.120. The highest BCUT2D eigenvalue weighted by Crippen LogP contribution is 2.15. The molecule has 0 radical (unpaired) electrons. The maximum absolute atomic E-state index is 11.3. The quantitative estimate of drug-likeness (QED) is 0.812. The molecule has 1 N–H and O–H groups in total. The average molecular weight is 258 g/mol. The molecule has 1 aliphatic rings. The van der Waals surface area contributed by atoms with Crippen molar-refractivity contribution in [1.82, 2.24) is 20.3 Å². The zero-order valence-electron chi connectivity index (χ0n) is 9.31. The van der Waals surface area contributed by atoms with Crippen molar-refractivity contribution in [2.45, 2.75) is 6.92 Å². The average Bonchev–Trinajstić information content (AvgIpc) is 2.28. The fourth-order valence-electron chi connectivity index (χ4n) is 1.47. The minimum atomic E-state index is -0.0641. The number of nitrogens with one attached hydrogen (secondary N) is 1. The van der Waals surface area contributed by atoms with Gasteiger partial charge in [0.1, 0.15) is 0 Å². The molecule has 7 nitrogen and oxygen atoms in total. The number of ether oxygens (including phenoxy) is 1. The van der Waals surface area contributed by atoms with E-state index in [1.54, 1.807) is 4.90 Å². The van der Waals surface area contributed by atoms with Crippen LogP contribution in [0.4, 0.5) is 5.95 Å². The lowest BCUT2D eigenvalue weighted by Gasteiger charge is -2.26. The van der Waals surface area contributed by atoms with Crippen molar-refractivity contribution in [2.75, 3.05) is 31.1 Å². The van der Waals surface area contributed by atoms with E-state index in [2.05, 4.69) is 20.3 Å². The first-order valence-electron chi connectivity index (χ1n) is 5.25. The van der Waals surface area contributed by atoms with E-state index in [1.165, 1.54) is 0 Å². The molecule has 1 fully saturated rings. The third-order valence-electron chi connectivity index (χ3n) is 2.17. The van der Waals surface area contributed by atoms with E-state index in [0.29, 0.717) is 25.6 Å². The predicted molar refractivity (Wildman–Crippen MR) is 61.2 cm³/mol. The molecule has 0 spiro atoms. The Morgan fingerprint density at radius 2 is 2.29 bits per heavy atom. The van der Waals surface area contributed by atoms with E-state index in [4.69, 9.17) is 16.3 Å².